The van der Waals surface area contributed by atoms with Gasteiger partial charge in [0.2, 0.25) is 0 Å². The molecule has 0 radical (unpaired) electrons. The molecule has 88 valence electrons. The molecular weight excluding hydrogens is 220 g/mol. The summed E-state index contributed by atoms with van der Waals surface area (Å²) in [6.45, 7) is 2.55. The Morgan fingerprint density at radius 1 is 1.47 bits per heavy atom. The number of nitrogens with zero attached hydrogens (tertiary/aromatic N) is 4. The Morgan fingerprint density at radius 3 is 3.12 bits per heavy atom. The molecule has 0 aliphatic carbocycles. The summed E-state index contributed by atoms with van der Waals surface area (Å²) in [6, 6.07) is 7.62. The smallest absolute Gasteiger partial charge is 0.283 e. The van der Waals surface area contributed by atoms with Crippen molar-refractivity contribution in [1.29, 1.82) is 0 Å². The molecule has 0 amide bonds. The van der Waals surface area contributed by atoms with Crippen LogP contribution in [-0.4, -0.2) is 33.4 Å². The Hall–Kier alpha value is -2.44. The summed E-state index contributed by atoms with van der Waals surface area (Å²) in [4.78, 5) is 0. The van der Waals surface area contributed by atoms with E-state index in [1.165, 1.54) is 0 Å². The first-order chi connectivity index (χ1) is 8.40. The van der Waals surface area contributed by atoms with Crippen molar-refractivity contribution in [2.24, 2.45) is 5.10 Å². The summed E-state index contributed by atoms with van der Waals surface area (Å²) in [5.41, 5.74) is 3.52. The van der Waals surface area contributed by atoms with Crippen LogP contribution in [0.4, 0.5) is 5.95 Å². The monoisotopic (exact) mass is 232 g/mol. The lowest BCUT2D eigenvalue weighted by Gasteiger charge is -2.05. The van der Waals surface area contributed by atoms with E-state index in [0.717, 1.165) is 11.3 Å². The average Bonchev–Trinajstić information content (AvgIpc) is 2.85. The number of aromatic amines is 1. The van der Waals surface area contributed by atoms with Crippen molar-refractivity contribution < 1.29 is 4.74 Å². The van der Waals surface area contributed by atoms with Crippen LogP contribution in [0.5, 0.6) is 5.75 Å². The summed E-state index contributed by atoms with van der Waals surface area (Å²) >= 11 is 0. The predicted octanol–water partition coefficient (Wildman–Crippen LogP) is 1.04. The van der Waals surface area contributed by atoms with Gasteiger partial charge in [-0.25, -0.2) is 5.43 Å². The highest BCUT2D eigenvalue weighted by molar-refractivity contribution is 5.83. The number of hydrogen-bond acceptors (Lipinski definition) is 6. The highest BCUT2D eigenvalue weighted by Gasteiger charge is 1.99. The first-order valence-electron chi connectivity index (χ1n) is 5.14. The van der Waals surface area contributed by atoms with Gasteiger partial charge in [0.1, 0.15) is 5.75 Å². The number of H-pyrrole nitrogens is 1. The van der Waals surface area contributed by atoms with Crippen molar-refractivity contribution >= 4 is 12.2 Å². The first-order valence-corrected chi connectivity index (χ1v) is 5.14. The molecule has 0 atom stereocenters. The Morgan fingerprint density at radius 2 is 2.35 bits per heavy atom. The van der Waals surface area contributed by atoms with Crippen LogP contribution in [-0.2, 0) is 0 Å². The van der Waals surface area contributed by atoms with E-state index in [0.29, 0.717) is 12.6 Å². The molecular formula is C10H12N6O. The van der Waals surface area contributed by atoms with E-state index in [4.69, 9.17) is 4.74 Å². The second kappa shape index (κ2) is 5.59. The number of tetrazole rings is 1. The predicted molar refractivity (Wildman–Crippen MR) is 63.0 cm³/mol. The molecule has 2 N–H and O–H groups in total. The van der Waals surface area contributed by atoms with Crippen molar-refractivity contribution in [2.75, 3.05) is 12.0 Å². The lowest BCUT2D eigenvalue weighted by molar-refractivity contribution is 0.340. The molecule has 0 fully saturated rings. The maximum Gasteiger partial charge on any atom is 0.283 e. The normalized spacial score (nSPS) is 10.6. The van der Waals surface area contributed by atoms with E-state index in [9.17, 15) is 0 Å². The van der Waals surface area contributed by atoms with Crippen LogP contribution in [0.1, 0.15) is 12.5 Å². The minimum Gasteiger partial charge on any atom is -0.493 e. The molecule has 0 bridgehead atoms. The Kier molecular flexibility index (Phi) is 3.64. The number of para-hydroxylation sites is 1. The number of aromatic nitrogens is 4. The summed E-state index contributed by atoms with van der Waals surface area (Å²) in [6.07, 6.45) is 1.64. The van der Waals surface area contributed by atoms with E-state index in [-0.39, 0.29) is 0 Å². The molecule has 2 aromatic rings. The van der Waals surface area contributed by atoms with Gasteiger partial charge < -0.3 is 4.74 Å². The van der Waals surface area contributed by atoms with Gasteiger partial charge in [0, 0.05) is 5.56 Å². The molecule has 0 saturated heterocycles. The van der Waals surface area contributed by atoms with Crippen LogP contribution in [0.25, 0.3) is 0 Å². The average molecular weight is 232 g/mol. The van der Waals surface area contributed by atoms with E-state index >= 15 is 0 Å². The molecule has 17 heavy (non-hydrogen) atoms. The quantitative estimate of drug-likeness (QED) is 0.594. The third kappa shape index (κ3) is 3.00. The van der Waals surface area contributed by atoms with Crippen molar-refractivity contribution in [3.63, 3.8) is 0 Å². The van der Waals surface area contributed by atoms with Crippen LogP contribution in [0.2, 0.25) is 0 Å². The van der Waals surface area contributed by atoms with E-state index in [1.54, 1.807) is 6.21 Å². The summed E-state index contributed by atoms with van der Waals surface area (Å²) in [5, 5.41) is 17.1. The van der Waals surface area contributed by atoms with Gasteiger partial charge in [-0.2, -0.15) is 10.3 Å². The van der Waals surface area contributed by atoms with Crippen LogP contribution >= 0.6 is 0 Å². The molecule has 7 nitrogen and oxygen atoms in total. The Balaban J connectivity index is 2.04. The largest absolute Gasteiger partial charge is 0.493 e. The highest BCUT2D eigenvalue weighted by atomic mass is 16.5. The van der Waals surface area contributed by atoms with Crippen molar-refractivity contribution in [3.8, 4) is 5.75 Å². The number of benzene rings is 1. The van der Waals surface area contributed by atoms with Gasteiger partial charge in [0.05, 0.1) is 12.8 Å². The standard InChI is InChI=1S/C10H12N6O/c1-2-17-9-6-4-3-5-8(9)7-11-12-10-13-15-16-14-10/h3-7H,2H2,1H3,(H2,12,13,14,15,16)/b11-7-. The van der Waals surface area contributed by atoms with Gasteiger partial charge in [-0.05, 0) is 24.3 Å². The van der Waals surface area contributed by atoms with Crippen molar-refractivity contribution in [3.05, 3.63) is 29.8 Å². The second-order valence-electron chi connectivity index (χ2n) is 3.08. The fraction of sp³-hybridized carbons (Fsp3) is 0.200. The third-order valence-corrected chi connectivity index (χ3v) is 1.93. The van der Waals surface area contributed by atoms with Gasteiger partial charge in [-0.3, -0.25) is 0 Å². The van der Waals surface area contributed by atoms with Gasteiger partial charge in [0.25, 0.3) is 5.95 Å². The number of anilines is 1. The van der Waals surface area contributed by atoms with Crippen LogP contribution < -0.4 is 10.2 Å². The highest BCUT2D eigenvalue weighted by Crippen LogP contribution is 2.15. The number of hydrogen-bond donors (Lipinski definition) is 2. The molecule has 7 heteroatoms. The van der Waals surface area contributed by atoms with E-state index in [2.05, 4.69) is 31.2 Å². The minimum atomic E-state index is 0.315. The summed E-state index contributed by atoms with van der Waals surface area (Å²) < 4.78 is 5.46. The van der Waals surface area contributed by atoms with Crippen molar-refractivity contribution in [2.45, 2.75) is 6.92 Å². The molecule has 0 aliphatic heterocycles. The number of hydrazone groups is 1. The van der Waals surface area contributed by atoms with Gasteiger partial charge in [-0.15, -0.1) is 5.10 Å². The van der Waals surface area contributed by atoms with Gasteiger partial charge in [-0.1, -0.05) is 17.2 Å². The second-order valence-corrected chi connectivity index (χ2v) is 3.08. The molecule has 0 aliphatic rings. The molecule has 1 heterocycles. The summed E-state index contributed by atoms with van der Waals surface area (Å²) in [7, 11) is 0. The van der Waals surface area contributed by atoms with Crippen LogP contribution in [0.3, 0.4) is 0 Å². The molecule has 0 spiro atoms. The van der Waals surface area contributed by atoms with Crippen LogP contribution in [0.15, 0.2) is 29.4 Å². The zero-order valence-corrected chi connectivity index (χ0v) is 9.29. The number of nitrogens with one attached hydrogen (secondary N) is 2. The molecule has 1 aromatic carbocycles. The van der Waals surface area contributed by atoms with E-state index in [1.807, 2.05) is 31.2 Å². The maximum atomic E-state index is 5.46. The summed E-state index contributed by atoms with van der Waals surface area (Å²) in [5.74, 6) is 1.10. The Bertz CT molecular complexity index is 481. The fourth-order valence-corrected chi connectivity index (χ4v) is 1.24. The lowest BCUT2D eigenvalue weighted by Crippen LogP contribution is -1.97. The number of ether oxygens (including phenoxy) is 1. The molecule has 1 aromatic heterocycles. The number of rotatable bonds is 5. The Labute approximate surface area is 97.9 Å². The first kappa shape index (κ1) is 11.1. The molecule has 0 unspecified atom stereocenters. The molecule has 0 saturated carbocycles. The SMILES string of the molecule is CCOc1ccccc1/C=N\Nc1nn[nH]n1. The zero-order valence-electron chi connectivity index (χ0n) is 9.29. The fourth-order valence-electron chi connectivity index (χ4n) is 1.24. The van der Waals surface area contributed by atoms with Crippen LogP contribution in [0, 0.1) is 0 Å². The third-order valence-electron chi connectivity index (χ3n) is 1.93. The van der Waals surface area contributed by atoms with Gasteiger partial charge in [0.15, 0.2) is 0 Å². The van der Waals surface area contributed by atoms with Crippen molar-refractivity contribution in [1.82, 2.24) is 20.6 Å². The van der Waals surface area contributed by atoms with E-state index < -0.39 is 0 Å². The molecule has 2 rings (SSSR count). The maximum absolute atomic E-state index is 5.46. The van der Waals surface area contributed by atoms with Gasteiger partial charge >= 0.3 is 0 Å². The lowest BCUT2D eigenvalue weighted by atomic mass is 10.2. The zero-order chi connectivity index (χ0) is 11.9. The minimum absolute atomic E-state index is 0.315. The topological polar surface area (TPSA) is 88.1 Å².